The quantitative estimate of drug-likeness (QED) is 0.884. The Bertz CT molecular complexity index is 367. The Morgan fingerprint density at radius 3 is 2.56 bits per heavy atom. The number of anilines is 1. The van der Waals surface area contributed by atoms with E-state index in [0.29, 0.717) is 32.3 Å². The van der Waals surface area contributed by atoms with Crippen LogP contribution in [-0.2, 0) is 14.9 Å². The van der Waals surface area contributed by atoms with Gasteiger partial charge < -0.3 is 14.8 Å². The zero-order valence-electron chi connectivity index (χ0n) is 11.3. The van der Waals surface area contributed by atoms with Gasteiger partial charge in [0.2, 0.25) is 5.95 Å². The molecule has 0 saturated carbocycles. The zero-order valence-corrected chi connectivity index (χ0v) is 11.3. The van der Waals surface area contributed by atoms with Crippen molar-refractivity contribution in [3.63, 3.8) is 0 Å². The fourth-order valence-corrected chi connectivity index (χ4v) is 1.67. The highest BCUT2D eigenvalue weighted by atomic mass is 16.6. The van der Waals surface area contributed by atoms with Crippen molar-refractivity contribution in [2.45, 2.75) is 32.3 Å². The summed E-state index contributed by atoms with van der Waals surface area (Å²) >= 11 is 0. The largest absolute Gasteiger partial charge is 0.376 e. The summed E-state index contributed by atoms with van der Waals surface area (Å²) in [5, 5.41) is 3.17. The van der Waals surface area contributed by atoms with Crippen molar-refractivity contribution < 1.29 is 9.47 Å². The van der Waals surface area contributed by atoms with Crippen LogP contribution in [-0.4, -0.2) is 42.4 Å². The van der Waals surface area contributed by atoms with Gasteiger partial charge in [0, 0.05) is 18.9 Å². The highest BCUT2D eigenvalue weighted by Gasteiger charge is 2.16. The maximum atomic E-state index is 5.53. The van der Waals surface area contributed by atoms with Crippen molar-refractivity contribution in [1.29, 1.82) is 0 Å². The van der Waals surface area contributed by atoms with Gasteiger partial charge in [-0.15, -0.1) is 0 Å². The topological polar surface area (TPSA) is 56.3 Å². The van der Waals surface area contributed by atoms with Crippen LogP contribution in [0.15, 0.2) is 12.4 Å². The first-order valence-electron chi connectivity index (χ1n) is 6.31. The van der Waals surface area contributed by atoms with E-state index in [0.717, 1.165) is 5.56 Å². The standard InChI is InChI=1S/C13H21N3O2/c1-13(2,3)10-6-14-12(15-7-10)16-8-11-9-17-4-5-18-11/h6-7,11H,4-5,8-9H2,1-3H3,(H,14,15,16)/t11-/m1/s1. The number of rotatable bonds is 3. The van der Waals surface area contributed by atoms with E-state index in [1.807, 2.05) is 12.4 Å². The maximum Gasteiger partial charge on any atom is 0.222 e. The first-order chi connectivity index (χ1) is 8.55. The second-order valence-electron chi connectivity index (χ2n) is 5.49. The number of hydrogen-bond donors (Lipinski definition) is 1. The van der Waals surface area contributed by atoms with E-state index in [1.54, 1.807) is 0 Å². The molecule has 0 aromatic carbocycles. The fourth-order valence-electron chi connectivity index (χ4n) is 1.67. The predicted molar refractivity (Wildman–Crippen MR) is 69.8 cm³/mol. The second-order valence-corrected chi connectivity index (χ2v) is 5.49. The molecule has 1 N–H and O–H groups in total. The molecular formula is C13H21N3O2. The third-order valence-corrected chi connectivity index (χ3v) is 2.89. The highest BCUT2D eigenvalue weighted by molar-refractivity contribution is 5.27. The average Bonchev–Trinajstić information content (AvgIpc) is 2.37. The Hall–Kier alpha value is -1.20. The molecule has 1 atom stereocenters. The van der Waals surface area contributed by atoms with Gasteiger partial charge in [-0.1, -0.05) is 20.8 Å². The molecule has 2 heterocycles. The Balaban J connectivity index is 1.86. The molecule has 0 unspecified atom stereocenters. The van der Waals surface area contributed by atoms with E-state index >= 15 is 0 Å². The summed E-state index contributed by atoms with van der Waals surface area (Å²) in [7, 11) is 0. The normalized spacial score (nSPS) is 20.7. The third kappa shape index (κ3) is 3.65. The lowest BCUT2D eigenvalue weighted by atomic mass is 9.89. The van der Waals surface area contributed by atoms with Crippen LogP contribution in [0.5, 0.6) is 0 Å². The van der Waals surface area contributed by atoms with Crippen LogP contribution in [0.4, 0.5) is 5.95 Å². The van der Waals surface area contributed by atoms with Gasteiger partial charge in [0.05, 0.1) is 25.9 Å². The zero-order chi connectivity index (χ0) is 13.0. The molecule has 0 aliphatic carbocycles. The van der Waals surface area contributed by atoms with Crippen molar-refractivity contribution in [1.82, 2.24) is 9.97 Å². The van der Waals surface area contributed by atoms with Crippen LogP contribution in [0.1, 0.15) is 26.3 Å². The molecule has 0 spiro atoms. The first kappa shape index (κ1) is 13.2. The number of ether oxygens (including phenoxy) is 2. The van der Waals surface area contributed by atoms with Crippen LogP contribution in [0, 0.1) is 0 Å². The van der Waals surface area contributed by atoms with E-state index in [1.165, 1.54) is 0 Å². The lowest BCUT2D eigenvalue weighted by Crippen LogP contribution is -2.34. The molecular weight excluding hydrogens is 230 g/mol. The van der Waals surface area contributed by atoms with Crippen molar-refractivity contribution in [2.75, 3.05) is 31.7 Å². The van der Waals surface area contributed by atoms with E-state index in [4.69, 9.17) is 9.47 Å². The monoisotopic (exact) mass is 251 g/mol. The Morgan fingerprint density at radius 1 is 1.28 bits per heavy atom. The Kier molecular flexibility index (Phi) is 4.14. The summed E-state index contributed by atoms with van der Waals surface area (Å²) in [6.45, 7) is 9.09. The Morgan fingerprint density at radius 2 is 2.00 bits per heavy atom. The number of hydrogen-bond acceptors (Lipinski definition) is 5. The molecule has 1 aliphatic heterocycles. The van der Waals surface area contributed by atoms with Gasteiger partial charge in [-0.25, -0.2) is 9.97 Å². The van der Waals surface area contributed by atoms with Crippen LogP contribution in [0.25, 0.3) is 0 Å². The summed E-state index contributed by atoms with van der Waals surface area (Å²) in [5.41, 5.74) is 1.21. The minimum absolute atomic E-state index is 0.0822. The first-order valence-corrected chi connectivity index (χ1v) is 6.31. The molecule has 100 valence electrons. The van der Waals surface area contributed by atoms with Gasteiger partial charge in [0.25, 0.3) is 0 Å². The maximum absolute atomic E-state index is 5.53. The van der Waals surface area contributed by atoms with E-state index in [-0.39, 0.29) is 11.5 Å². The Labute approximate surface area is 108 Å². The third-order valence-electron chi connectivity index (χ3n) is 2.89. The lowest BCUT2D eigenvalue weighted by Gasteiger charge is -2.23. The van der Waals surface area contributed by atoms with Gasteiger partial charge >= 0.3 is 0 Å². The van der Waals surface area contributed by atoms with Crippen molar-refractivity contribution in [3.05, 3.63) is 18.0 Å². The van der Waals surface area contributed by atoms with E-state index in [9.17, 15) is 0 Å². The molecule has 1 saturated heterocycles. The second kappa shape index (κ2) is 5.63. The summed E-state index contributed by atoms with van der Waals surface area (Å²) in [6, 6.07) is 0. The summed E-state index contributed by atoms with van der Waals surface area (Å²) in [4.78, 5) is 8.62. The molecule has 0 amide bonds. The van der Waals surface area contributed by atoms with Crippen LogP contribution < -0.4 is 5.32 Å². The number of aromatic nitrogens is 2. The predicted octanol–water partition coefficient (Wildman–Crippen LogP) is 1.60. The van der Waals surface area contributed by atoms with Crippen LogP contribution >= 0.6 is 0 Å². The molecule has 1 fully saturated rings. The lowest BCUT2D eigenvalue weighted by molar-refractivity contribution is -0.0819. The molecule has 5 nitrogen and oxygen atoms in total. The van der Waals surface area contributed by atoms with Gasteiger partial charge in [-0.3, -0.25) is 0 Å². The number of nitrogens with one attached hydrogen (secondary N) is 1. The highest BCUT2D eigenvalue weighted by Crippen LogP contribution is 2.20. The molecule has 5 heteroatoms. The smallest absolute Gasteiger partial charge is 0.222 e. The summed E-state index contributed by atoms with van der Waals surface area (Å²) in [6.07, 6.45) is 3.82. The molecule has 0 radical (unpaired) electrons. The number of nitrogens with zero attached hydrogens (tertiary/aromatic N) is 2. The summed E-state index contributed by atoms with van der Waals surface area (Å²) in [5.74, 6) is 0.636. The van der Waals surface area contributed by atoms with Gasteiger partial charge in [0.15, 0.2) is 0 Å². The van der Waals surface area contributed by atoms with E-state index in [2.05, 4.69) is 36.1 Å². The van der Waals surface area contributed by atoms with Crippen LogP contribution in [0.2, 0.25) is 0 Å². The molecule has 0 bridgehead atoms. The van der Waals surface area contributed by atoms with Gasteiger partial charge in [0.1, 0.15) is 0 Å². The molecule has 1 aliphatic rings. The van der Waals surface area contributed by atoms with Crippen LogP contribution in [0.3, 0.4) is 0 Å². The minimum Gasteiger partial charge on any atom is -0.376 e. The van der Waals surface area contributed by atoms with E-state index < -0.39 is 0 Å². The SMILES string of the molecule is CC(C)(C)c1cnc(NC[C@@H]2COCCO2)nc1. The minimum atomic E-state index is 0.0822. The van der Waals surface area contributed by atoms with Gasteiger partial charge in [-0.05, 0) is 11.0 Å². The molecule has 18 heavy (non-hydrogen) atoms. The van der Waals surface area contributed by atoms with Gasteiger partial charge in [-0.2, -0.15) is 0 Å². The molecule has 2 rings (SSSR count). The van der Waals surface area contributed by atoms with Crippen molar-refractivity contribution >= 4 is 5.95 Å². The average molecular weight is 251 g/mol. The van der Waals surface area contributed by atoms with Crippen molar-refractivity contribution in [2.24, 2.45) is 0 Å². The molecule has 1 aromatic heterocycles. The summed E-state index contributed by atoms with van der Waals surface area (Å²) < 4.78 is 10.9. The molecule has 1 aromatic rings. The fraction of sp³-hybridized carbons (Fsp3) is 0.692. The van der Waals surface area contributed by atoms with Crippen molar-refractivity contribution in [3.8, 4) is 0 Å².